The second kappa shape index (κ2) is 4.47. The maximum atomic E-state index is 6.08. The van der Waals surface area contributed by atoms with Crippen molar-refractivity contribution in [3.05, 3.63) is 36.7 Å². The Kier molecular flexibility index (Phi) is 2.99. The van der Waals surface area contributed by atoms with E-state index in [2.05, 4.69) is 4.98 Å². The molecular formula is C15H18BNO3. The largest absolute Gasteiger partial charge is 0.497 e. The van der Waals surface area contributed by atoms with Gasteiger partial charge in [0.05, 0.1) is 17.5 Å². The smallest absolute Gasteiger partial charge is 0.463 e. The fourth-order valence-corrected chi connectivity index (χ4v) is 2.20. The van der Waals surface area contributed by atoms with Crippen molar-refractivity contribution in [1.29, 1.82) is 0 Å². The zero-order chi connectivity index (χ0) is 14.4. The summed E-state index contributed by atoms with van der Waals surface area (Å²) >= 11 is 0. The lowest BCUT2D eigenvalue weighted by Gasteiger charge is -2.32. The molecule has 2 aromatic heterocycles. The summed E-state index contributed by atoms with van der Waals surface area (Å²) < 4.78 is 17.6. The number of rotatable bonds is 2. The van der Waals surface area contributed by atoms with Gasteiger partial charge in [-0.15, -0.1) is 0 Å². The lowest BCUT2D eigenvalue weighted by molar-refractivity contribution is 0.00578. The van der Waals surface area contributed by atoms with E-state index < -0.39 is 7.12 Å². The highest BCUT2D eigenvalue weighted by Gasteiger charge is 2.52. The Morgan fingerprint density at radius 3 is 2.30 bits per heavy atom. The summed E-state index contributed by atoms with van der Waals surface area (Å²) in [5, 5.41) is 0. The molecule has 4 nitrogen and oxygen atoms in total. The van der Waals surface area contributed by atoms with Crippen molar-refractivity contribution in [2.45, 2.75) is 38.9 Å². The molecule has 0 aliphatic carbocycles. The summed E-state index contributed by atoms with van der Waals surface area (Å²) in [5.74, 6) is 0.718. The number of hydrogen-bond acceptors (Lipinski definition) is 4. The number of hydrogen-bond donors (Lipinski definition) is 0. The Bertz CT molecular complexity index is 591. The number of pyridine rings is 1. The third kappa shape index (κ3) is 2.07. The molecule has 1 aliphatic rings. The third-order valence-corrected chi connectivity index (χ3v) is 4.10. The van der Waals surface area contributed by atoms with Crippen LogP contribution in [0.1, 0.15) is 27.7 Å². The van der Waals surface area contributed by atoms with Crippen LogP contribution in [0.4, 0.5) is 0 Å². The summed E-state index contributed by atoms with van der Waals surface area (Å²) in [6.07, 6.45) is 3.38. The molecule has 3 rings (SSSR count). The van der Waals surface area contributed by atoms with E-state index in [4.69, 9.17) is 13.7 Å². The van der Waals surface area contributed by atoms with Gasteiger partial charge in [0.2, 0.25) is 0 Å². The molecule has 0 aromatic carbocycles. The van der Waals surface area contributed by atoms with Crippen LogP contribution in [0.15, 0.2) is 41.1 Å². The molecule has 1 fully saturated rings. The highest BCUT2D eigenvalue weighted by Crippen LogP contribution is 2.37. The Hall–Kier alpha value is -1.59. The molecule has 20 heavy (non-hydrogen) atoms. The Balaban J connectivity index is 2.01. The lowest BCUT2D eigenvalue weighted by atomic mass is 9.77. The Morgan fingerprint density at radius 2 is 1.70 bits per heavy atom. The number of furan rings is 1. The quantitative estimate of drug-likeness (QED) is 0.787. The first kappa shape index (κ1) is 13.4. The van der Waals surface area contributed by atoms with Crippen LogP contribution in [-0.4, -0.2) is 23.3 Å². The summed E-state index contributed by atoms with van der Waals surface area (Å²) in [7, 11) is -0.436. The van der Waals surface area contributed by atoms with Crippen LogP contribution >= 0.6 is 0 Å². The van der Waals surface area contributed by atoms with Gasteiger partial charge in [-0.25, -0.2) is 0 Å². The van der Waals surface area contributed by atoms with E-state index in [1.807, 2.05) is 52.0 Å². The van der Waals surface area contributed by atoms with Crippen molar-refractivity contribution >= 4 is 12.6 Å². The van der Waals surface area contributed by atoms with Gasteiger partial charge < -0.3 is 13.7 Å². The van der Waals surface area contributed by atoms with Crippen molar-refractivity contribution < 1.29 is 13.7 Å². The van der Waals surface area contributed by atoms with Crippen LogP contribution in [0.3, 0.4) is 0 Å². The molecule has 0 saturated carbocycles. The molecule has 0 bridgehead atoms. The van der Waals surface area contributed by atoms with Crippen molar-refractivity contribution in [3.63, 3.8) is 0 Å². The molecule has 5 heteroatoms. The third-order valence-electron chi connectivity index (χ3n) is 4.10. The summed E-state index contributed by atoms with van der Waals surface area (Å²) in [5.41, 5.74) is 0.916. The molecular weight excluding hydrogens is 253 g/mol. The van der Waals surface area contributed by atoms with E-state index >= 15 is 0 Å². The SMILES string of the molecule is CC1(C)OB(c2cccnc2-c2ccco2)OC1(C)C. The molecule has 3 heterocycles. The van der Waals surface area contributed by atoms with Crippen LogP contribution < -0.4 is 5.46 Å². The highest BCUT2D eigenvalue weighted by molar-refractivity contribution is 6.63. The first-order valence-corrected chi connectivity index (χ1v) is 6.75. The predicted octanol–water partition coefficient (Wildman–Crippen LogP) is 2.64. The minimum Gasteiger partial charge on any atom is -0.463 e. The molecule has 0 spiro atoms. The maximum Gasteiger partial charge on any atom is 0.497 e. The van der Waals surface area contributed by atoms with Gasteiger partial charge in [0.25, 0.3) is 0 Å². The summed E-state index contributed by atoms with van der Waals surface area (Å²) in [4.78, 5) is 4.41. The van der Waals surface area contributed by atoms with Gasteiger partial charge in [0.1, 0.15) is 5.69 Å². The maximum absolute atomic E-state index is 6.08. The van der Waals surface area contributed by atoms with Crippen molar-refractivity contribution in [1.82, 2.24) is 4.98 Å². The van der Waals surface area contributed by atoms with E-state index in [1.54, 1.807) is 12.5 Å². The zero-order valence-corrected chi connectivity index (χ0v) is 12.2. The number of nitrogens with zero attached hydrogens (tertiary/aromatic N) is 1. The van der Waals surface area contributed by atoms with Crippen molar-refractivity contribution in [2.75, 3.05) is 0 Å². The van der Waals surface area contributed by atoms with Crippen LogP contribution in [0.2, 0.25) is 0 Å². The standard InChI is InChI=1S/C15H18BNO3/c1-14(2)15(3,4)20-16(19-14)11-7-5-9-17-13(11)12-8-6-10-18-12/h5-10H,1-4H3. The second-order valence-electron chi connectivity index (χ2n) is 6.01. The van der Waals surface area contributed by atoms with Gasteiger partial charge in [-0.2, -0.15) is 0 Å². The second-order valence-corrected chi connectivity index (χ2v) is 6.01. The molecule has 0 radical (unpaired) electrons. The van der Waals surface area contributed by atoms with Gasteiger partial charge in [0.15, 0.2) is 5.76 Å². The number of aromatic nitrogens is 1. The van der Waals surface area contributed by atoms with Crippen molar-refractivity contribution in [3.8, 4) is 11.5 Å². The lowest BCUT2D eigenvalue weighted by Crippen LogP contribution is -2.41. The highest BCUT2D eigenvalue weighted by atomic mass is 16.7. The summed E-state index contributed by atoms with van der Waals surface area (Å²) in [6, 6.07) is 7.58. The van der Waals surface area contributed by atoms with E-state index in [0.717, 1.165) is 16.9 Å². The monoisotopic (exact) mass is 271 g/mol. The van der Waals surface area contributed by atoms with Gasteiger partial charge in [0, 0.05) is 11.7 Å². The van der Waals surface area contributed by atoms with Crippen LogP contribution in [0.25, 0.3) is 11.5 Å². The molecule has 0 amide bonds. The van der Waals surface area contributed by atoms with Gasteiger partial charge >= 0.3 is 7.12 Å². The van der Waals surface area contributed by atoms with E-state index in [9.17, 15) is 0 Å². The molecule has 2 aromatic rings. The predicted molar refractivity (Wildman–Crippen MR) is 77.7 cm³/mol. The topological polar surface area (TPSA) is 44.5 Å². The fraction of sp³-hybridized carbons (Fsp3) is 0.400. The average Bonchev–Trinajstić information content (AvgIpc) is 2.97. The molecule has 1 saturated heterocycles. The molecule has 104 valence electrons. The van der Waals surface area contributed by atoms with Crippen LogP contribution in [-0.2, 0) is 9.31 Å². The molecule has 0 atom stereocenters. The van der Waals surface area contributed by atoms with Gasteiger partial charge in [-0.05, 0) is 45.9 Å². The van der Waals surface area contributed by atoms with Crippen LogP contribution in [0, 0.1) is 0 Å². The van der Waals surface area contributed by atoms with E-state index in [0.29, 0.717) is 0 Å². The fourth-order valence-electron chi connectivity index (χ4n) is 2.20. The minimum absolute atomic E-state index is 0.367. The Labute approximate surface area is 119 Å². The molecule has 0 unspecified atom stereocenters. The molecule has 1 aliphatic heterocycles. The molecule has 0 N–H and O–H groups in total. The van der Waals surface area contributed by atoms with Crippen LogP contribution in [0.5, 0.6) is 0 Å². The summed E-state index contributed by atoms with van der Waals surface area (Å²) in [6.45, 7) is 8.15. The Morgan fingerprint density at radius 1 is 1.00 bits per heavy atom. The normalized spacial score (nSPS) is 20.3. The minimum atomic E-state index is -0.436. The average molecular weight is 271 g/mol. The van der Waals surface area contributed by atoms with Gasteiger partial charge in [-0.3, -0.25) is 4.98 Å². The van der Waals surface area contributed by atoms with E-state index in [1.165, 1.54) is 0 Å². The van der Waals surface area contributed by atoms with Gasteiger partial charge in [-0.1, -0.05) is 6.07 Å². The first-order chi connectivity index (χ1) is 9.41. The first-order valence-electron chi connectivity index (χ1n) is 6.75. The van der Waals surface area contributed by atoms with E-state index in [-0.39, 0.29) is 11.2 Å². The van der Waals surface area contributed by atoms with Crippen molar-refractivity contribution in [2.24, 2.45) is 0 Å². The zero-order valence-electron chi connectivity index (χ0n) is 12.2.